The number of nitrogens with two attached hydrogens (primary N) is 1. The van der Waals surface area contributed by atoms with Crippen molar-refractivity contribution in [2.45, 2.75) is 6.18 Å². The number of halogens is 3. The van der Waals surface area contributed by atoms with Crippen LogP contribution in [0.25, 0.3) is 10.1 Å². The summed E-state index contributed by atoms with van der Waals surface area (Å²) in [5.41, 5.74) is 6.30. The van der Waals surface area contributed by atoms with Crippen LogP contribution >= 0.6 is 11.3 Å². The minimum atomic E-state index is -4.43. The first kappa shape index (κ1) is 13.3. The van der Waals surface area contributed by atoms with Crippen molar-refractivity contribution < 1.29 is 18.0 Å². The van der Waals surface area contributed by atoms with Crippen LogP contribution in [0.4, 0.5) is 18.0 Å². The average Bonchev–Trinajstić information content (AvgIpc) is 2.72. The number of primary amides is 1. The topological polar surface area (TPSA) is 67.5 Å². The van der Waals surface area contributed by atoms with E-state index in [0.29, 0.717) is 4.70 Å². The molecule has 0 aliphatic rings. The van der Waals surface area contributed by atoms with Crippen LogP contribution in [0.5, 0.6) is 0 Å². The molecule has 1 aromatic heterocycles. The molecule has 8 heteroatoms. The fourth-order valence-electron chi connectivity index (χ4n) is 1.60. The minimum absolute atomic E-state index is 0.0648. The Balaban J connectivity index is 2.52. The van der Waals surface area contributed by atoms with Crippen LogP contribution < -0.4 is 11.2 Å². The highest BCUT2D eigenvalue weighted by Crippen LogP contribution is 2.39. The van der Waals surface area contributed by atoms with Crippen molar-refractivity contribution in [1.82, 2.24) is 5.43 Å². The average molecular weight is 287 g/mol. The summed E-state index contributed by atoms with van der Waals surface area (Å²) in [5, 5.41) is 4.61. The first-order chi connectivity index (χ1) is 8.89. The standard InChI is InChI=1S/C11H8F3N3OS/c12-11(13,14)7-5-19-8-3-1-2-6(9(7)8)4-16-17-10(15)18/h1-5H,(H3,15,17,18). The molecule has 4 nitrogen and oxygen atoms in total. The molecule has 0 saturated carbocycles. The summed E-state index contributed by atoms with van der Waals surface area (Å²) >= 11 is 1.00. The molecule has 0 spiro atoms. The van der Waals surface area contributed by atoms with Crippen LogP contribution in [0.15, 0.2) is 28.7 Å². The van der Waals surface area contributed by atoms with E-state index in [9.17, 15) is 18.0 Å². The van der Waals surface area contributed by atoms with Gasteiger partial charge in [-0.3, -0.25) is 0 Å². The van der Waals surface area contributed by atoms with Gasteiger partial charge < -0.3 is 5.73 Å². The van der Waals surface area contributed by atoms with Gasteiger partial charge in [0, 0.05) is 21.0 Å². The highest BCUT2D eigenvalue weighted by atomic mass is 32.1. The Morgan fingerprint density at radius 2 is 2.16 bits per heavy atom. The number of alkyl halides is 3. The Morgan fingerprint density at radius 3 is 2.79 bits per heavy atom. The third-order valence-electron chi connectivity index (χ3n) is 2.32. The van der Waals surface area contributed by atoms with Crippen LogP contribution in [0.1, 0.15) is 11.1 Å². The van der Waals surface area contributed by atoms with Crippen molar-refractivity contribution in [3.8, 4) is 0 Å². The number of thiophene rings is 1. The normalized spacial score (nSPS) is 12.2. The van der Waals surface area contributed by atoms with E-state index in [1.165, 1.54) is 6.07 Å². The molecule has 100 valence electrons. The monoisotopic (exact) mass is 287 g/mol. The molecule has 3 N–H and O–H groups in total. The first-order valence-electron chi connectivity index (χ1n) is 5.05. The predicted molar refractivity (Wildman–Crippen MR) is 67.1 cm³/mol. The zero-order chi connectivity index (χ0) is 14.0. The summed E-state index contributed by atoms with van der Waals surface area (Å²) < 4.78 is 39.1. The van der Waals surface area contributed by atoms with Crippen LogP contribution in [0.2, 0.25) is 0 Å². The number of urea groups is 1. The lowest BCUT2D eigenvalue weighted by atomic mass is 10.1. The number of benzene rings is 1. The van der Waals surface area contributed by atoms with Gasteiger partial charge in [0.2, 0.25) is 0 Å². The summed E-state index contributed by atoms with van der Waals surface area (Å²) in [5.74, 6) is 0. The van der Waals surface area contributed by atoms with Crippen LogP contribution in [0, 0.1) is 0 Å². The molecule has 19 heavy (non-hydrogen) atoms. The van der Waals surface area contributed by atoms with Gasteiger partial charge in [-0.15, -0.1) is 11.3 Å². The highest BCUT2D eigenvalue weighted by Gasteiger charge is 2.34. The molecule has 0 bridgehead atoms. The molecule has 2 rings (SSSR count). The summed E-state index contributed by atoms with van der Waals surface area (Å²) in [6, 6.07) is 3.81. The Morgan fingerprint density at radius 1 is 1.42 bits per heavy atom. The molecule has 0 radical (unpaired) electrons. The van der Waals surface area contributed by atoms with Crippen LogP contribution in [-0.4, -0.2) is 12.2 Å². The van der Waals surface area contributed by atoms with Gasteiger partial charge in [0.1, 0.15) is 0 Å². The molecular formula is C11H8F3N3OS. The van der Waals surface area contributed by atoms with Gasteiger partial charge >= 0.3 is 12.2 Å². The second-order valence-electron chi connectivity index (χ2n) is 3.60. The molecule has 0 aliphatic heterocycles. The smallest absolute Gasteiger partial charge is 0.350 e. The fourth-order valence-corrected chi connectivity index (χ4v) is 2.60. The quantitative estimate of drug-likeness (QED) is 0.647. The van der Waals surface area contributed by atoms with Crippen molar-refractivity contribution in [3.63, 3.8) is 0 Å². The van der Waals surface area contributed by atoms with E-state index in [1.54, 1.807) is 12.1 Å². The van der Waals surface area contributed by atoms with E-state index in [-0.39, 0.29) is 10.9 Å². The zero-order valence-electron chi connectivity index (χ0n) is 9.36. The molecule has 0 atom stereocenters. The van der Waals surface area contributed by atoms with E-state index in [2.05, 4.69) is 5.10 Å². The molecule has 0 fully saturated rings. The number of amides is 2. The third-order valence-corrected chi connectivity index (χ3v) is 3.26. The van der Waals surface area contributed by atoms with Gasteiger partial charge in [-0.2, -0.15) is 18.3 Å². The highest BCUT2D eigenvalue weighted by molar-refractivity contribution is 7.17. The molecule has 0 saturated heterocycles. The van der Waals surface area contributed by atoms with Gasteiger partial charge in [0.05, 0.1) is 11.8 Å². The first-order valence-corrected chi connectivity index (χ1v) is 5.93. The maximum Gasteiger partial charge on any atom is 0.417 e. The maximum atomic E-state index is 12.9. The van der Waals surface area contributed by atoms with Crippen molar-refractivity contribution in [2.24, 2.45) is 10.8 Å². The van der Waals surface area contributed by atoms with Gasteiger partial charge in [-0.05, 0) is 6.07 Å². The molecular weight excluding hydrogens is 279 g/mol. The van der Waals surface area contributed by atoms with Crippen molar-refractivity contribution in [2.75, 3.05) is 0 Å². The second-order valence-corrected chi connectivity index (χ2v) is 4.51. The number of nitrogens with zero attached hydrogens (tertiary/aromatic N) is 1. The molecule has 0 aliphatic carbocycles. The second kappa shape index (κ2) is 4.88. The fraction of sp³-hybridized carbons (Fsp3) is 0.0909. The molecule has 2 aromatic rings. The number of carbonyl (C=O) groups is 1. The Labute approximate surface area is 109 Å². The van der Waals surface area contributed by atoms with Gasteiger partial charge in [-0.1, -0.05) is 12.1 Å². The number of hydrogen-bond donors (Lipinski definition) is 2. The largest absolute Gasteiger partial charge is 0.417 e. The number of hydrazone groups is 1. The number of rotatable bonds is 2. The summed E-state index contributed by atoms with van der Waals surface area (Å²) in [4.78, 5) is 10.4. The SMILES string of the molecule is NC(=O)NN=Cc1cccc2scc(C(F)(F)F)c12. The summed E-state index contributed by atoms with van der Waals surface area (Å²) in [6.45, 7) is 0. The van der Waals surface area contributed by atoms with Gasteiger partial charge in [0.15, 0.2) is 0 Å². The Hall–Kier alpha value is -2.09. The minimum Gasteiger partial charge on any atom is -0.350 e. The van der Waals surface area contributed by atoms with Crippen molar-refractivity contribution in [1.29, 1.82) is 0 Å². The lowest BCUT2D eigenvalue weighted by Crippen LogP contribution is -2.24. The predicted octanol–water partition coefficient (Wildman–Crippen LogP) is 2.92. The summed E-state index contributed by atoms with van der Waals surface area (Å²) in [7, 11) is 0. The maximum absolute atomic E-state index is 12.9. The third kappa shape index (κ3) is 2.84. The molecule has 1 aromatic carbocycles. The number of hydrogen-bond acceptors (Lipinski definition) is 3. The Kier molecular flexibility index (Phi) is 3.43. The number of nitrogens with one attached hydrogen (secondary N) is 1. The zero-order valence-corrected chi connectivity index (χ0v) is 10.2. The molecule has 0 unspecified atom stereocenters. The summed E-state index contributed by atoms with van der Waals surface area (Å²) in [6.07, 6.45) is -3.30. The molecule has 2 amide bonds. The van der Waals surface area contributed by atoms with Gasteiger partial charge in [0.25, 0.3) is 0 Å². The lowest BCUT2D eigenvalue weighted by molar-refractivity contribution is -0.136. The number of fused-ring (bicyclic) bond motifs is 1. The van der Waals surface area contributed by atoms with E-state index >= 15 is 0 Å². The van der Waals surface area contributed by atoms with Crippen molar-refractivity contribution >= 4 is 33.7 Å². The van der Waals surface area contributed by atoms with Gasteiger partial charge in [-0.25, -0.2) is 10.2 Å². The van der Waals surface area contributed by atoms with E-state index in [0.717, 1.165) is 22.9 Å². The van der Waals surface area contributed by atoms with E-state index in [4.69, 9.17) is 5.73 Å². The lowest BCUT2D eigenvalue weighted by Gasteiger charge is -2.06. The number of carbonyl (C=O) groups excluding carboxylic acids is 1. The van der Waals surface area contributed by atoms with Crippen LogP contribution in [0.3, 0.4) is 0 Å². The van der Waals surface area contributed by atoms with E-state index in [1.807, 2.05) is 5.43 Å². The molecule has 1 heterocycles. The Bertz CT molecular complexity index is 648. The van der Waals surface area contributed by atoms with E-state index < -0.39 is 17.8 Å². The van der Waals surface area contributed by atoms with Crippen molar-refractivity contribution in [3.05, 3.63) is 34.7 Å². The van der Waals surface area contributed by atoms with Crippen LogP contribution in [-0.2, 0) is 6.18 Å².